The van der Waals surface area contributed by atoms with Gasteiger partial charge >= 0.3 is 0 Å². The number of amides is 1. The van der Waals surface area contributed by atoms with Crippen molar-refractivity contribution in [2.24, 2.45) is 0 Å². The molecule has 2 aliphatic rings. The molecule has 1 N–H and O–H groups in total. The van der Waals surface area contributed by atoms with Gasteiger partial charge in [-0.25, -0.2) is 9.37 Å². The molecule has 5 rings (SSSR count). The van der Waals surface area contributed by atoms with Gasteiger partial charge in [-0.2, -0.15) is 17.0 Å². The fourth-order valence-corrected chi connectivity index (χ4v) is 6.08. The number of benzene rings is 1. The van der Waals surface area contributed by atoms with Crippen molar-refractivity contribution in [1.82, 2.24) is 28.4 Å². The molecule has 35 heavy (non-hydrogen) atoms. The summed E-state index contributed by atoms with van der Waals surface area (Å²) in [6.07, 6.45) is 3.29. The number of nitrogens with one attached hydrogen (secondary N) is 1. The maximum Gasteiger partial charge on any atom is 0.282 e. The lowest BCUT2D eigenvalue weighted by Gasteiger charge is -2.22. The number of hydrogen-bond acceptors (Lipinski definition) is 6. The second-order valence-electron chi connectivity index (χ2n) is 9.00. The van der Waals surface area contributed by atoms with E-state index in [0.717, 1.165) is 12.8 Å². The van der Waals surface area contributed by atoms with E-state index in [2.05, 4.69) is 20.5 Å². The lowest BCUT2D eigenvalue weighted by Crippen LogP contribution is -2.39. The highest BCUT2D eigenvalue weighted by molar-refractivity contribution is 7.86. The molecular weight excluding hydrogens is 473 g/mol. The van der Waals surface area contributed by atoms with E-state index in [1.165, 1.54) is 20.7 Å². The van der Waals surface area contributed by atoms with Gasteiger partial charge in [0, 0.05) is 32.2 Å². The first-order valence-corrected chi connectivity index (χ1v) is 12.9. The van der Waals surface area contributed by atoms with Crippen LogP contribution in [0.1, 0.15) is 54.2 Å². The molecule has 1 fully saturated rings. The summed E-state index contributed by atoms with van der Waals surface area (Å²) < 4.78 is 45.3. The minimum atomic E-state index is -3.62. The van der Waals surface area contributed by atoms with Gasteiger partial charge in [-0.3, -0.25) is 4.79 Å². The molecule has 2 aliphatic heterocycles. The van der Waals surface area contributed by atoms with Crippen LogP contribution in [0.15, 0.2) is 36.7 Å². The third-order valence-electron chi connectivity index (χ3n) is 6.29. The molecule has 1 amide bonds. The minimum absolute atomic E-state index is 0.0904. The van der Waals surface area contributed by atoms with Crippen LogP contribution >= 0.6 is 0 Å². The molecule has 0 saturated carbocycles. The third kappa shape index (κ3) is 4.44. The summed E-state index contributed by atoms with van der Waals surface area (Å²) >= 11 is 0. The lowest BCUT2D eigenvalue weighted by atomic mass is 10.1. The van der Waals surface area contributed by atoms with Crippen LogP contribution in [0.2, 0.25) is 0 Å². The predicted octanol–water partition coefficient (Wildman–Crippen LogP) is 2.97. The predicted molar refractivity (Wildman–Crippen MR) is 127 cm³/mol. The molecule has 0 unspecified atom stereocenters. The smallest absolute Gasteiger partial charge is 0.282 e. The van der Waals surface area contributed by atoms with Crippen molar-refractivity contribution in [3.05, 3.63) is 59.2 Å². The maximum absolute atomic E-state index is 14.9. The summed E-state index contributed by atoms with van der Waals surface area (Å²) in [6, 6.07) is 7.88. The number of hydrogen-bond donors (Lipinski definition) is 1. The second kappa shape index (κ2) is 9.10. The summed E-state index contributed by atoms with van der Waals surface area (Å²) in [7, 11) is -3.62. The molecule has 1 aromatic carbocycles. The first-order valence-electron chi connectivity index (χ1n) is 11.5. The van der Waals surface area contributed by atoms with Crippen molar-refractivity contribution >= 4 is 21.9 Å². The third-order valence-corrected chi connectivity index (χ3v) is 8.22. The van der Waals surface area contributed by atoms with Gasteiger partial charge in [0.1, 0.15) is 23.7 Å². The van der Waals surface area contributed by atoms with Gasteiger partial charge in [0.2, 0.25) is 0 Å². The van der Waals surface area contributed by atoms with Crippen LogP contribution in [0.3, 0.4) is 0 Å². The van der Waals surface area contributed by atoms with Gasteiger partial charge in [0.05, 0.1) is 5.56 Å². The summed E-state index contributed by atoms with van der Waals surface area (Å²) in [4.78, 5) is 17.4. The minimum Gasteiger partial charge on any atom is -0.310 e. The quantitative estimate of drug-likeness (QED) is 0.558. The Morgan fingerprint density at radius 3 is 2.51 bits per heavy atom. The molecule has 0 aliphatic carbocycles. The number of pyridine rings is 1. The highest BCUT2D eigenvalue weighted by Crippen LogP contribution is 2.30. The Morgan fingerprint density at radius 2 is 1.80 bits per heavy atom. The molecule has 12 heteroatoms. The van der Waals surface area contributed by atoms with Crippen LogP contribution < -0.4 is 5.32 Å². The maximum atomic E-state index is 14.9. The average molecular weight is 500 g/mol. The van der Waals surface area contributed by atoms with E-state index in [1.807, 2.05) is 18.4 Å². The van der Waals surface area contributed by atoms with Crippen LogP contribution in [0.4, 0.5) is 10.2 Å². The SMILES string of the molecule is CC(C)n1cnnc1-c1cccc(NC(=O)c2cc3c(cc2F)CN(S(=O)(=O)N2CCCC2)C3)n1. The van der Waals surface area contributed by atoms with Crippen molar-refractivity contribution in [2.45, 2.75) is 45.8 Å². The van der Waals surface area contributed by atoms with E-state index in [-0.39, 0.29) is 30.5 Å². The van der Waals surface area contributed by atoms with Crippen LogP contribution in [-0.4, -0.2) is 55.8 Å². The highest BCUT2D eigenvalue weighted by atomic mass is 32.2. The monoisotopic (exact) mass is 499 g/mol. The van der Waals surface area contributed by atoms with E-state index in [1.54, 1.807) is 24.5 Å². The van der Waals surface area contributed by atoms with Gasteiger partial charge in [0.25, 0.3) is 16.1 Å². The van der Waals surface area contributed by atoms with E-state index in [4.69, 9.17) is 0 Å². The van der Waals surface area contributed by atoms with E-state index in [0.29, 0.717) is 35.7 Å². The number of nitrogens with zero attached hydrogens (tertiary/aromatic N) is 6. The van der Waals surface area contributed by atoms with Gasteiger partial charge < -0.3 is 9.88 Å². The Balaban J connectivity index is 1.35. The van der Waals surface area contributed by atoms with Crippen molar-refractivity contribution in [3.8, 4) is 11.5 Å². The van der Waals surface area contributed by atoms with Gasteiger partial charge in [0.15, 0.2) is 5.82 Å². The Bertz CT molecular complexity index is 1380. The Kier molecular flexibility index (Phi) is 6.11. The fourth-order valence-electron chi connectivity index (χ4n) is 4.43. The molecule has 0 spiro atoms. The normalized spacial score (nSPS) is 16.7. The van der Waals surface area contributed by atoms with Gasteiger partial charge in [-0.05, 0) is 62.1 Å². The molecular formula is C23H26FN7O3S. The van der Waals surface area contributed by atoms with Crippen molar-refractivity contribution in [1.29, 1.82) is 0 Å². The molecule has 3 aromatic rings. The summed E-state index contributed by atoms with van der Waals surface area (Å²) in [5, 5.41) is 10.7. The van der Waals surface area contributed by atoms with Crippen LogP contribution in [0.25, 0.3) is 11.5 Å². The van der Waals surface area contributed by atoms with Gasteiger partial charge in [-0.1, -0.05) is 6.07 Å². The molecule has 1 saturated heterocycles. The number of rotatable bonds is 6. The Labute approximate surface area is 203 Å². The lowest BCUT2D eigenvalue weighted by molar-refractivity contribution is 0.102. The van der Waals surface area contributed by atoms with E-state index < -0.39 is 21.9 Å². The van der Waals surface area contributed by atoms with Crippen molar-refractivity contribution in [2.75, 3.05) is 18.4 Å². The zero-order valence-electron chi connectivity index (χ0n) is 19.5. The number of fused-ring (bicyclic) bond motifs is 1. The molecule has 10 nitrogen and oxygen atoms in total. The highest BCUT2D eigenvalue weighted by Gasteiger charge is 2.36. The average Bonchev–Trinajstić information content (AvgIpc) is 3.59. The van der Waals surface area contributed by atoms with Crippen molar-refractivity contribution < 1.29 is 17.6 Å². The van der Waals surface area contributed by atoms with E-state index in [9.17, 15) is 17.6 Å². The number of aromatic nitrogens is 4. The summed E-state index contributed by atoms with van der Waals surface area (Å²) in [6.45, 7) is 5.17. The van der Waals surface area contributed by atoms with E-state index >= 15 is 0 Å². The zero-order valence-corrected chi connectivity index (χ0v) is 20.3. The Hall–Kier alpha value is -3.22. The van der Waals surface area contributed by atoms with Crippen molar-refractivity contribution in [3.63, 3.8) is 0 Å². The number of halogens is 1. The summed E-state index contributed by atoms with van der Waals surface area (Å²) in [5.74, 6) is -0.582. The Morgan fingerprint density at radius 1 is 1.09 bits per heavy atom. The number of carbonyl (C=O) groups is 1. The fraction of sp³-hybridized carbons (Fsp3) is 0.391. The number of carbonyl (C=O) groups excluding carboxylic acids is 1. The largest absolute Gasteiger partial charge is 0.310 e. The molecule has 0 bridgehead atoms. The molecule has 0 radical (unpaired) electrons. The molecule has 2 aromatic heterocycles. The topological polar surface area (TPSA) is 113 Å². The molecule has 0 atom stereocenters. The summed E-state index contributed by atoms with van der Waals surface area (Å²) in [5.41, 5.74) is 1.54. The van der Waals surface area contributed by atoms with Crippen LogP contribution in [0.5, 0.6) is 0 Å². The molecule has 184 valence electrons. The zero-order chi connectivity index (χ0) is 24.7. The van der Waals surface area contributed by atoms with Crippen LogP contribution in [-0.2, 0) is 23.3 Å². The standard InChI is InChI=1S/C23H26FN7O3S/c1-15(2)31-14-25-28-22(31)20-6-5-7-21(26-20)27-23(32)18-10-16-12-30(13-17(16)11-19(18)24)35(33,34)29-8-3-4-9-29/h5-7,10-11,14-15H,3-4,8-9,12-13H2,1-2H3,(H,26,27,32). The first kappa shape index (κ1) is 23.5. The first-order chi connectivity index (χ1) is 16.7. The molecule has 4 heterocycles. The van der Waals surface area contributed by atoms with Gasteiger partial charge in [-0.15, -0.1) is 10.2 Å². The second-order valence-corrected chi connectivity index (χ2v) is 10.9. The number of anilines is 1. The van der Waals surface area contributed by atoms with Crippen LogP contribution in [0, 0.1) is 5.82 Å².